The fourth-order valence-corrected chi connectivity index (χ4v) is 2.40. The largest absolute Gasteiger partial charge is 0.319 e. The fraction of sp³-hybridized carbons (Fsp3) is 0.250. The van der Waals surface area contributed by atoms with Crippen LogP contribution >= 0.6 is 15.9 Å². The number of nitrogens with zero attached hydrogens (tertiary/aromatic N) is 2. The van der Waals surface area contributed by atoms with Gasteiger partial charge in [-0.1, -0.05) is 15.9 Å². The van der Waals surface area contributed by atoms with Crippen molar-refractivity contribution in [1.29, 1.82) is 0 Å². The molecule has 0 aliphatic rings. The summed E-state index contributed by atoms with van der Waals surface area (Å²) in [5, 5.41) is 4.14. The van der Waals surface area contributed by atoms with Gasteiger partial charge in [-0.05, 0) is 36.2 Å². The number of hydrogen-bond donors (Lipinski definition) is 1. The quantitative estimate of drug-likeness (QED) is 0.926. The van der Waals surface area contributed by atoms with Crippen LogP contribution in [0.2, 0.25) is 0 Å². The first kappa shape index (κ1) is 12.3. The molecule has 0 radical (unpaired) electrons. The van der Waals surface area contributed by atoms with Gasteiger partial charge >= 0.3 is 0 Å². The summed E-state index contributed by atoms with van der Waals surface area (Å²) >= 11 is 3.26. The molecule has 0 spiro atoms. The van der Waals surface area contributed by atoms with Crippen LogP contribution in [0, 0.1) is 12.7 Å². The summed E-state index contributed by atoms with van der Waals surface area (Å²) in [7, 11) is 1.83. The summed E-state index contributed by atoms with van der Waals surface area (Å²) < 4.78 is 15.7. The summed E-state index contributed by atoms with van der Waals surface area (Å²) in [5.41, 5.74) is 8.77. The normalized spacial score (nSPS) is 12.8. The topological polar surface area (TPSA) is 43.8 Å². The van der Waals surface area contributed by atoms with Gasteiger partial charge in [0.15, 0.2) is 0 Å². The Morgan fingerprint density at radius 3 is 2.65 bits per heavy atom. The molecule has 0 aliphatic heterocycles. The first-order valence-corrected chi connectivity index (χ1v) is 5.98. The van der Waals surface area contributed by atoms with Crippen molar-refractivity contribution < 1.29 is 4.39 Å². The van der Waals surface area contributed by atoms with E-state index in [2.05, 4.69) is 21.0 Å². The van der Waals surface area contributed by atoms with E-state index in [9.17, 15) is 4.39 Å². The first-order valence-electron chi connectivity index (χ1n) is 5.19. The molecule has 1 atom stereocenters. The number of hydrogen-bond acceptors (Lipinski definition) is 2. The molecular weight excluding hydrogens is 285 g/mol. The summed E-state index contributed by atoms with van der Waals surface area (Å²) in [6.45, 7) is 1.94. The molecule has 1 unspecified atom stereocenters. The van der Waals surface area contributed by atoms with Crippen LogP contribution in [0.15, 0.2) is 28.9 Å². The molecule has 2 N–H and O–H groups in total. The van der Waals surface area contributed by atoms with Gasteiger partial charge in [0.1, 0.15) is 5.82 Å². The van der Waals surface area contributed by atoms with Gasteiger partial charge in [0.05, 0.1) is 17.9 Å². The van der Waals surface area contributed by atoms with E-state index in [4.69, 9.17) is 5.73 Å². The minimum atomic E-state index is -0.380. The van der Waals surface area contributed by atoms with Crippen LogP contribution in [0.3, 0.4) is 0 Å². The molecule has 2 aromatic rings. The molecule has 0 bridgehead atoms. The van der Waals surface area contributed by atoms with E-state index in [1.54, 1.807) is 10.9 Å². The zero-order chi connectivity index (χ0) is 12.6. The molecule has 5 heteroatoms. The Kier molecular flexibility index (Phi) is 3.31. The zero-order valence-electron chi connectivity index (χ0n) is 9.61. The monoisotopic (exact) mass is 297 g/mol. The highest BCUT2D eigenvalue weighted by molar-refractivity contribution is 9.10. The Hall–Kier alpha value is -1.20. The van der Waals surface area contributed by atoms with Crippen molar-refractivity contribution in [3.8, 4) is 0 Å². The van der Waals surface area contributed by atoms with Crippen LogP contribution in [0.5, 0.6) is 0 Å². The molecule has 3 nitrogen and oxygen atoms in total. The number of benzene rings is 1. The Morgan fingerprint density at radius 1 is 1.41 bits per heavy atom. The van der Waals surface area contributed by atoms with E-state index in [0.717, 1.165) is 16.8 Å². The highest BCUT2D eigenvalue weighted by Crippen LogP contribution is 2.25. The SMILES string of the molecule is Cc1cnn(C)c1C(N)c1cc(F)cc(Br)c1. The number of aryl methyl sites for hydroxylation is 2. The van der Waals surface area contributed by atoms with Gasteiger partial charge in [0.25, 0.3) is 0 Å². The molecule has 0 saturated heterocycles. The number of nitrogens with two attached hydrogens (primary N) is 1. The zero-order valence-corrected chi connectivity index (χ0v) is 11.2. The Bertz CT molecular complexity index is 511. The second-order valence-corrected chi connectivity index (χ2v) is 4.93. The Morgan fingerprint density at radius 2 is 2.12 bits per heavy atom. The molecular formula is C12H13BrFN3. The molecule has 0 saturated carbocycles. The van der Waals surface area contributed by atoms with Gasteiger partial charge in [-0.2, -0.15) is 5.10 Å². The average Bonchev–Trinajstić information content (AvgIpc) is 2.56. The number of aromatic nitrogens is 2. The van der Waals surface area contributed by atoms with Gasteiger partial charge in [-0.3, -0.25) is 4.68 Å². The Labute approximate surface area is 108 Å². The highest BCUT2D eigenvalue weighted by atomic mass is 79.9. The van der Waals surface area contributed by atoms with E-state index in [-0.39, 0.29) is 11.9 Å². The third kappa shape index (κ3) is 2.40. The molecule has 90 valence electrons. The lowest BCUT2D eigenvalue weighted by atomic mass is 10.0. The van der Waals surface area contributed by atoms with Crippen LogP contribution in [-0.2, 0) is 7.05 Å². The molecule has 0 aliphatic carbocycles. The van der Waals surface area contributed by atoms with Gasteiger partial charge in [0.2, 0.25) is 0 Å². The fourth-order valence-electron chi connectivity index (χ4n) is 1.92. The van der Waals surface area contributed by atoms with E-state index in [1.807, 2.05) is 20.0 Å². The summed E-state index contributed by atoms with van der Waals surface area (Å²) in [5.74, 6) is -0.301. The lowest BCUT2D eigenvalue weighted by Crippen LogP contribution is -2.17. The minimum absolute atomic E-state index is 0.301. The van der Waals surface area contributed by atoms with Gasteiger partial charge in [-0.25, -0.2) is 4.39 Å². The van der Waals surface area contributed by atoms with Crippen LogP contribution in [0.25, 0.3) is 0 Å². The minimum Gasteiger partial charge on any atom is -0.319 e. The Balaban J connectivity index is 2.47. The van der Waals surface area contributed by atoms with Gasteiger partial charge < -0.3 is 5.73 Å². The summed E-state index contributed by atoms with van der Waals surface area (Å²) in [4.78, 5) is 0. The van der Waals surface area contributed by atoms with Crippen molar-refractivity contribution in [3.05, 3.63) is 51.5 Å². The third-order valence-electron chi connectivity index (χ3n) is 2.72. The molecule has 0 amide bonds. The van der Waals surface area contributed by atoms with Crippen LogP contribution in [0.1, 0.15) is 22.9 Å². The third-order valence-corrected chi connectivity index (χ3v) is 3.17. The van der Waals surface area contributed by atoms with Gasteiger partial charge in [-0.15, -0.1) is 0 Å². The molecule has 17 heavy (non-hydrogen) atoms. The molecule has 0 fully saturated rings. The summed E-state index contributed by atoms with van der Waals surface area (Å²) in [6, 6.07) is 4.29. The van der Waals surface area contributed by atoms with E-state index >= 15 is 0 Å². The lowest BCUT2D eigenvalue weighted by molar-refractivity contribution is 0.618. The van der Waals surface area contributed by atoms with E-state index in [1.165, 1.54) is 12.1 Å². The number of rotatable bonds is 2. The smallest absolute Gasteiger partial charge is 0.124 e. The van der Waals surface area contributed by atoms with Crippen LogP contribution < -0.4 is 5.73 Å². The van der Waals surface area contributed by atoms with Crippen LogP contribution in [0.4, 0.5) is 4.39 Å². The standard InChI is InChI=1S/C12H13BrFN3/c1-7-6-16-17(2)12(7)11(15)8-3-9(13)5-10(14)4-8/h3-6,11H,15H2,1-2H3. The summed E-state index contributed by atoms with van der Waals surface area (Å²) in [6.07, 6.45) is 1.75. The maximum absolute atomic E-state index is 13.3. The maximum atomic E-state index is 13.3. The first-order chi connectivity index (χ1) is 7.99. The number of halogens is 2. The lowest BCUT2D eigenvalue weighted by Gasteiger charge is -2.14. The van der Waals surface area contributed by atoms with E-state index < -0.39 is 0 Å². The van der Waals surface area contributed by atoms with Crippen LogP contribution in [-0.4, -0.2) is 9.78 Å². The average molecular weight is 298 g/mol. The molecule has 1 aromatic heterocycles. The molecule has 1 heterocycles. The highest BCUT2D eigenvalue weighted by Gasteiger charge is 2.16. The molecule has 1 aromatic carbocycles. The molecule has 2 rings (SSSR count). The van der Waals surface area contributed by atoms with E-state index in [0.29, 0.717) is 4.47 Å². The van der Waals surface area contributed by atoms with Crippen molar-refractivity contribution in [2.24, 2.45) is 12.8 Å². The second kappa shape index (κ2) is 4.58. The van der Waals surface area contributed by atoms with Crippen molar-refractivity contribution >= 4 is 15.9 Å². The van der Waals surface area contributed by atoms with Crippen molar-refractivity contribution in [2.75, 3.05) is 0 Å². The van der Waals surface area contributed by atoms with Gasteiger partial charge in [0, 0.05) is 11.5 Å². The second-order valence-electron chi connectivity index (χ2n) is 4.02. The predicted octanol–water partition coefficient (Wildman–Crippen LogP) is 2.68. The van der Waals surface area contributed by atoms with Crippen molar-refractivity contribution in [2.45, 2.75) is 13.0 Å². The van der Waals surface area contributed by atoms with Crippen molar-refractivity contribution in [3.63, 3.8) is 0 Å². The van der Waals surface area contributed by atoms with Crippen molar-refractivity contribution in [1.82, 2.24) is 9.78 Å². The maximum Gasteiger partial charge on any atom is 0.124 e. The predicted molar refractivity (Wildman–Crippen MR) is 68.1 cm³/mol.